The minimum absolute atomic E-state index is 0.0200. The first-order chi connectivity index (χ1) is 9.85. The number of benzene rings is 1. The Morgan fingerprint density at radius 3 is 2.38 bits per heavy atom. The van der Waals surface area contributed by atoms with Gasteiger partial charge in [0, 0.05) is 7.05 Å². The molecule has 0 spiro atoms. The largest absolute Gasteiger partial charge is 0.492 e. The molecule has 4 nitrogen and oxygen atoms in total. The first-order valence-corrected chi connectivity index (χ1v) is 7.56. The molecule has 1 aromatic rings. The van der Waals surface area contributed by atoms with E-state index in [1.165, 1.54) is 11.1 Å². The van der Waals surface area contributed by atoms with E-state index in [1.807, 2.05) is 39.8 Å². The Balaban J connectivity index is 2.46. The van der Waals surface area contributed by atoms with E-state index in [1.54, 1.807) is 11.9 Å². The molecule has 2 atom stereocenters. The van der Waals surface area contributed by atoms with Crippen LogP contribution in [0.25, 0.3) is 0 Å². The van der Waals surface area contributed by atoms with Gasteiger partial charge < -0.3 is 15.4 Å². The number of rotatable bonds is 7. The van der Waals surface area contributed by atoms with Crippen molar-refractivity contribution in [3.8, 4) is 5.75 Å². The standard InChI is InChI=1S/C17H28N2O2/c1-6-14(4)16(18)17(20)19(5)7-8-21-15-10-12(2)9-13(3)11-15/h9-11,14,16H,6-8,18H2,1-5H3. The van der Waals surface area contributed by atoms with Gasteiger partial charge in [-0.3, -0.25) is 4.79 Å². The Hall–Kier alpha value is -1.55. The Labute approximate surface area is 128 Å². The van der Waals surface area contributed by atoms with E-state index in [9.17, 15) is 4.79 Å². The fraction of sp³-hybridized carbons (Fsp3) is 0.588. The van der Waals surface area contributed by atoms with E-state index in [2.05, 4.69) is 6.07 Å². The summed E-state index contributed by atoms with van der Waals surface area (Å²) in [4.78, 5) is 13.8. The van der Waals surface area contributed by atoms with Gasteiger partial charge in [0.2, 0.25) is 5.91 Å². The molecule has 118 valence electrons. The quantitative estimate of drug-likeness (QED) is 0.840. The molecule has 1 rings (SSSR count). The van der Waals surface area contributed by atoms with Gasteiger partial charge in [-0.2, -0.15) is 0 Å². The molecular weight excluding hydrogens is 264 g/mol. The van der Waals surface area contributed by atoms with Crippen molar-refractivity contribution in [2.75, 3.05) is 20.2 Å². The molecular formula is C17H28N2O2. The summed E-state index contributed by atoms with van der Waals surface area (Å²) in [6.07, 6.45) is 0.903. The summed E-state index contributed by atoms with van der Waals surface area (Å²) in [7, 11) is 1.77. The summed E-state index contributed by atoms with van der Waals surface area (Å²) in [5, 5.41) is 0. The highest BCUT2D eigenvalue weighted by Crippen LogP contribution is 2.16. The van der Waals surface area contributed by atoms with E-state index < -0.39 is 6.04 Å². The highest BCUT2D eigenvalue weighted by atomic mass is 16.5. The van der Waals surface area contributed by atoms with Gasteiger partial charge in [0.25, 0.3) is 0 Å². The molecule has 2 N–H and O–H groups in total. The zero-order valence-electron chi connectivity index (χ0n) is 13.8. The van der Waals surface area contributed by atoms with E-state index in [4.69, 9.17) is 10.5 Å². The minimum atomic E-state index is -0.429. The molecule has 1 aromatic carbocycles. The lowest BCUT2D eigenvalue weighted by molar-refractivity contribution is -0.132. The maximum Gasteiger partial charge on any atom is 0.239 e. The monoisotopic (exact) mass is 292 g/mol. The fourth-order valence-corrected chi connectivity index (χ4v) is 2.18. The molecule has 4 heteroatoms. The van der Waals surface area contributed by atoms with E-state index >= 15 is 0 Å². The number of ether oxygens (including phenoxy) is 1. The molecule has 0 heterocycles. The van der Waals surface area contributed by atoms with Gasteiger partial charge in [0.15, 0.2) is 0 Å². The maximum absolute atomic E-state index is 12.1. The van der Waals surface area contributed by atoms with Gasteiger partial charge in [0.05, 0.1) is 12.6 Å². The second kappa shape index (κ2) is 8.03. The van der Waals surface area contributed by atoms with Crippen LogP contribution in [0.2, 0.25) is 0 Å². The zero-order chi connectivity index (χ0) is 16.0. The predicted molar refractivity (Wildman–Crippen MR) is 86.5 cm³/mol. The molecule has 0 saturated carbocycles. The minimum Gasteiger partial charge on any atom is -0.492 e. The molecule has 0 radical (unpaired) electrons. The number of nitrogens with two attached hydrogens (primary N) is 1. The van der Waals surface area contributed by atoms with Crippen LogP contribution in [0.3, 0.4) is 0 Å². The van der Waals surface area contributed by atoms with Crippen LogP contribution < -0.4 is 10.5 Å². The third-order valence-electron chi connectivity index (χ3n) is 3.81. The van der Waals surface area contributed by atoms with Crippen molar-refractivity contribution < 1.29 is 9.53 Å². The summed E-state index contributed by atoms with van der Waals surface area (Å²) < 4.78 is 5.72. The zero-order valence-corrected chi connectivity index (χ0v) is 13.8. The molecule has 2 unspecified atom stereocenters. The summed E-state index contributed by atoms with van der Waals surface area (Å²) in [6, 6.07) is 5.67. The Morgan fingerprint density at radius 2 is 1.86 bits per heavy atom. The Bertz CT molecular complexity index is 454. The Kier molecular flexibility index (Phi) is 6.69. The van der Waals surface area contributed by atoms with Crippen LogP contribution in [0.4, 0.5) is 0 Å². The second-order valence-corrected chi connectivity index (χ2v) is 5.84. The number of carbonyl (C=O) groups excluding carboxylic acids is 1. The summed E-state index contributed by atoms with van der Waals surface area (Å²) >= 11 is 0. The third-order valence-corrected chi connectivity index (χ3v) is 3.81. The van der Waals surface area contributed by atoms with Crippen molar-refractivity contribution >= 4 is 5.91 Å². The smallest absolute Gasteiger partial charge is 0.239 e. The highest BCUT2D eigenvalue weighted by molar-refractivity contribution is 5.81. The summed E-state index contributed by atoms with van der Waals surface area (Å²) in [5.74, 6) is 1.02. The number of likely N-dealkylation sites (N-methyl/N-ethyl adjacent to an activating group) is 1. The molecule has 0 aliphatic carbocycles. The number of hydrogen-bond donors (Lipinski definition) is 1. The van der Waals surface area contributed by atoms with Crippen LogP contribution in [0.5, 0.6) is 5.75 Å². The van der Waals surface area contributed by atoms with Gasteiger partial charge >= 0.3 is 0 Å². The lowest BCUT2D eigenvalue weighted by Crippen LogP contribution is -2.46. The van der Waals surface area contributed by atoms with Gasteiger partial charge in [0.1, 0.15) is 12.4 Å². The van der Waals surface area contributed by atoms with E-state index in [0.717, 1.165) is 12.2 Å². The molecule has 0 aliphatic rings. The molecule has 0 aromatic heterocycles. The van der Waals surface area contributed by atoms with Crippen molar-refractivity contribution in [2.45, 2.75) is 40.2 Å². The summed E-state index contributed by atoms with van der Waals surface area (Å²) in [6.45, 7) is 9.14. The van der Waals surface area contributed by atoms with Crippen LogP contribution in [0, 0.1) is 19.8 Å². The van der Waals surface area contributed by atoms with Gasteiger partial charge in [-0.25, -0.2) is 0 Å². The lowest BCUT2D eigenvalue weighted by atomic mass is 9.99. The average Bonchev–Trinajstić information content (AvgIpc) is 2.43. The average molecular weight is 292 g/mol. The van der Waals surface area contributed by atoms with E-state index in [-0.39, 0.29) is 11.8 Å². The molecule has 21 heavy (non-hydrogen) atoms. The molecule has 0 aliphatic heterocycles. The highest BCUT2D eigenvalue weighted by Gasteiger charge is 2.22. The number of aryl methyl sites for hydroxylation is 2. The van der Waals surface area contributed by atoms with Gasteiger partial charge in [-0.15, -0.1) is 0 Å². The molecule has 0 bridgehead atoms. The normalized spacial score (nSPS) is 13.6. The lowest BCUT2D eigenvalue weighted by Gasteiger charge is -2.24. The van der Waals surface area contributed by atoms with Crippen molar-refractivity contribution in [1.29, 1.82) is 0 Å². The molecule has 1 amide bonds. The van der Waals surface area contributed by atoms with Crippen molar-refractivity contribution in [1.82, 2.24) is 4.90 Å². The number of nitrogens with zero attached hydrogens (tertiary/aromatic N) is 1. The van der Waals surface area contributed by atoms with Gasteiger partial charge in [-0.1, -0.05) is 26.3 Å². The maximum atomic E-state index is 12.1. The second-order valence-electron chi connectivity index (χ2n) is 5.84. The number of hydrogen-bond acceptors (Lipinski definition) is 3. The van der Waals surface area contributed by atoms with Crippen LogP contribution in [-0.2, 0) is 4.79 Å². The molecule has 0 fully saturated rings. The van der Waals surface area contributed by atoms with E-state index in [0.29, 0.717) is 13.2 Å². The first-order valence-electron chi connectivity index (χ1n) is 7.56. The number of carbonyl (C=O) groups is 1. The third kappa shape index (κ3) is 5.38. The van der Waals surface area contributed by atoms with Crippen LogP contribution in [-0.4, -0.2) is 37.0 Å². The van der Waals surface area contributed by atoms with Crippen LogP contribution in [0.15, 0.2) is 18.2 Å². The predicted octanol–water partition coefficient (Wildman–Crippen LogP) is 2.51. The Morgan fingerprint density at radius 1 is 1.29 bits per heavy atom. The van der Waals surface area contributed by atoms with Gasteiger partial charge in [-0.05, 0) is 43.0 Å². The topological polar surface area (TPSA) is 55.6 Å². The van der Waals surface area contributed by atoms with Crippen LogP contribution >= 0.6 is 0 Å². The summed E-state index contributed by atoms with van der Waals surface area (Å²) in [5.41, 5.74) is 8.31. The van der Waals surface area contributed by atoms with Crippen molar-refractivity contribution in [3.05, 3.63) is 29.3 Å². The number of amides is 1. The van der Waals surface area contributed by atoms with Crippen molar-refractivity contribution in [3.63, 3.8) is 0 Å². The first kappa shape index (κ1) is 17.5. The fourth-order valence-electron chi connectivity index (χ4n) is 2.18. The molecule has 0 saturated heterocycles. The SMILES string of the molecule is CCC(C)C(N)C(=O)N(C)CCOc1cc(C)cc(C)c1. The van der Waals surface area contributed by atoms with Crippen LogP contribution in [0.1, 0.15) is 31.4 Å². The van der Waals surface area contributed by atoms with Crippen molar-refractivity contribution in [2.24, 2.45) is 11.7 Å².